The zero-order chi connectivity index (χ0) is 17.8. The Balaban J connectivity index is 1.36. The van der Waals surface area contributed by atoms with Gasteiger partial charge in [0.2, 0.25) is 0 Å². The molecule has 0 bridgehead atoms. The Morgan fingerprint density at radius 1 is 1.12 bits per heavy atom. The summed E-state index contributed by atoms with van der Waals surface area (Å²) in [5.41, 5.74) is 2.29. The van der Waals surface area contributed by atoms with E-state index in [1.807, 2.05) is 35.0 Å². The topological polar surface area (TPSA) is 78.3 Å². The SMILES string of the molecule is O=C(NCCc1ccc2c(c1)OCCO2)c1cc(-n2ccnc2)ccn1. The van der Waals surface area contributed by atoms with Crippen molar-refractivity contribution in [3.05, 3.63) is 66.5 Å². The van der Waals surface area contributed by atoms with Crippen LogP contribution in [0, 0.1) is 0 Å². The predicted molar refractivity (Wildman–Crippen MR) is 94.8 cm³/mol. The summed E-state index contributed by atoms with van der Waals surface area (Å²) < 4.78 is 12.9. The van der Waals surface area contributed by atoms with Crippen molar-refractivity contribution in [1.82, 2.24) is 19.9 Å². The van der Waals surface area contributed by atoms with E-state index in [1.54, 1.807) is 24.8 Å². The highest BCUT2D eigenvalue weighted by Crippen LogP contribution is 2.30. The number of aromatic nitrogens is 3. The molecule has 0 saturated carbocycles. The number of rotatable bonds is 5. The molecule has 0 fully saturated rings. The van der Waals surface area contributed by atoms with Crippen LogP contribution in [-0.2, 0) is 6.42 Å². The lowest BCUT2D eigenvalue weighted by Crippen LogP contribution is -2.26. The molecule has 2 aromatic heterocycles. The number of benzene rings is 1. The zero-order valence-electron chi connectivity index (χ0n) is 14.1. The number of amides is 1. The van der Waals surface area contributed by atoms with Crippen LogP contribution < -0.4 is 14.8 Å². The number of carbonyl (C=O) groups excluding carboxylic acids is 1. The fraction of sp³-hybridized carbons (Fsp3) is 0.211. The molecular weight excluding hydrogens is 332 g/mol. The molecule has 1 aliphatic rings. The van der Waals surface area contributed by atoms with Crippen molar-refractivity contribution in [1.29, 1.82) is 0 Å². The number of nitrogens with one attached hydrogen (secondary N) is 1. The van der Waals surface area contributed by atoms with Crippen LogP contribution in [0.4, 0.5) is 0 Å². The molecule has 132 valence electrons. The van der Waals surface area contributed by atoms with Crippen molar-refractivity contribution >= 4 is 5.91 Å². The van der Waals surface area contributed by atoms with E-state index in [1.165, 1.54) is 0 Å². The molecule has 0 atom stereocenters. The predicted octanol–water partition coefficient (Wildman–Crippen LogP) is 2.01. The van der Waals surface area contributed by atoms with E-state index in [-0.39, 0.29) is 5.91 Å². The van der Waals surface area contributed by atoms with Crippen LogP contribution >= 0.6 is 0 Å². The number of pyridine rings is 1. The molecule has 1 N–H and O–H groups in total. The fourth-order valence-corrected chi connectivity index (χ4v) is 2.77. The molecule has 1 aromatic carbocycles. The highest BCUT2D eigenvalue weighted by molar-refractivity contribution is 5.92. The third-order valence-electron chi connectivity index (χ3n) is 4.08. The second-order valence-electron chi connectivity index (χ2n) is 5.85. The Morgan fingerprint density at radius 3 is 2.85 bits per heavy atom. The Morgan fingerprint density at radius 2 is 2.00 bits per heavy atom. The first kappa shape index (κ1) is 16.1. The van der Waals surface area contributed by atoms with Gasteiger partial charge in [0, 0.05) is 25.1 Å². The summed E-state index contributed by atoms with van der Waals surface area (Å²) in [4.78, 5) is 20.5. The van der Waals surface area contributed by atoms with Gasteiger partial charge in [0.05, 0.1) is 12.0 Å². The van der Waals surface area contributed by atoms with Gasteiger partial charge in [0.1, 0.15) is 18.9 Å². The van der Waals surface area contributed by atoms with Crippen molar-refractivity contribution in [2.75, 3.05) is 19.8 Å². The summed E-state index contributed by atoms with van der Waals surface area (Å²) in [6.45, 7) is 1.65. The maximum atomic E-state index is 12.3. The van der Waals surface area contributed by atoms with E-state index in [0.717, 1.165) is 22.7 Å². The first-order valence-electron chi connectivity index (χ1n) is 8.41. The summed E-state index contributed by atoms with van der Waals surface area (Å²) in [5, 5.41) is 2.90. The van der Waals surface area contributed by atoms with E-state index in [2.05, 4.69) is 15.3 Å². The van der Waals surface area contributed by atoms with Crippen LogP contribution in [0.3, 0.4) is 0 Å². The van der Waals surface area contributed by atoms with Gasteiger partial charge in [-0.3, -0.25) is 9.78 Å². The minimum absolute atomic E-state index is 0.204. The standard InChI is InChI=1S/C19H18N4O3/c24-19(16-12-15(4-6-21-16)23-8-7-20-13-23)22-5-3-14-1-2-17-18(11-14)26-10-9-25-17/h1-2,4,6-8,11-13H,3,5,9-10H2,(H,22,24). The first-order chi connectivity index (χ1) is 12.8. The van der Waals surface area contributed by atoms with Crippen molar-refractivity contribution in [3.8, 4) is 17.2 Å². The molecule has 0 aliphatic carbocycles. The molecule has 0 unspecified atom stereocenters. The molecule has 1 aliphatic heterocycles. The van der Waals surface area contributed by atoms with E-state index >= 15 is 0 Å². The minimum atomic E-state index is -0.204. The van der Waals surface area contributed by atoms with Crippen molar-refractivity contribution in [2.24, 2.45) is 0 Å². The first-order valence-corrected chi connectivity index (χ1v) is 8.41. The van der Waals surface area contributed by atoms with Crippen LogP contribution in [0.25, 0.3) is 5.69 Å². The number of imidazole rings is 1. The number of nitrogens with zero attached hydrogens (tertiary/aromatic N) is 3. The summed E-state index contributed by atoms with van der Waals surface area (Å²) in [7, 11) is 0. The normalized spacial score (nSPS) is 12.6. The maximum absolute atomic E-state index is 12.3. The molecule has 7 heteroatoms. The summed E-state index contributed by atoms with van der Waals surface area (Å²) in [6, 6.07) is 9.41. The van der Waals surface area contributed by atoms with Gasteiger partial charge in [-0.05, 0) is 36.2 Å². The largest absolute Gasteiger partial charge is 0.486 e. The Hall–Kier alpha value is -3.35. The monoisotopic (exact) mass is 350 g/mol. The molecule has 4 rings (SSSR count). The van der Waals surface area contributed by atoms with Crippen LogP contribution in [0.15, 0.2) is 55.2 Å². The van der Waals surface area contributed by atoms with E-state index in [9.17, 15) is 4.79 Å². The van der Waals surface area contributed by atoms with Gasteiger partial charge >= 0.3 is 0 Å². The van der Waals surface area contributed by atoms with Crippen LogP contribution in [0.2, 0.25) is 0 Å². The Labute approximate surface area is 150 Å². The van der Waals surface area contributed by atoms with E-state index in [0.29, 0.717) is 31.9 Å². The molecule has 3 aromatic rings. The molecule has 26 heavy (non-hydrogen) atoms. The van der Waals surface area contributed by atoms with Crippen molar-refractivity contribution in [2.45, 2.75) is 6.42 Å². The Bertz CT molecular complexity index is 909. The van der Waals surface area contributed by atoms with Gasteiger partial charge in [0.15, 0.2) is 11.5 Å². The zero-order valence-corrected chi connectivity index (χ0v) is 14.1. The number of hydrogen-bond acceptors (Lipinski definition) is 5. The molecular formula is C19H18N4O3. The summed E-state index contributed by atoms with van der Waals surface area (Å²) in [5.74, 6) is 1.32. The summed E-state index contributed by atoms with van der Waals surface area (Å²) in [6.07, 6.45) is 7.50. The number of hydrogen-bond donors (Lipinski definition) is 1. The lowest BCUT2D eigenvalue weighted by atomic mass is 10.1. The highest BCUT2D eigenvalue weighted by atomic mass is 16.6. The quantitative estimate of drug-likeness (QED) is 0.762. The van der Waals surface area contributed by atoms with Gasteiger partial charge in [-0.2, -0.15) is 0 Å². The third-order valence-corrected chi connectivity index (χ3v) is 4.08. The third kappa shape index (κ3) is 3.51. The number of carbonyl (C=O) groups is 1. The average Bonchev–Trinajstić information content (AvgIpc) is 3.23. The van der Waals surface area contributed by atoms with Gasteiger partial charge in [0.25, 0.3) is 5.91 Å². The number of fused-ring (bicyclic) bond motifs is 1. The molecule has 7 nitrogen and oxygen atoms in total. The van der Waals surface area contributed by atoms with Gasteiger partial charge in [-0.15, -0.1) is 0 Å². The maximum Gasteiger partial charge on any atom is 0.269 e. The van der Waals surface area contributed by atoms with Crippen LogP contribution in [0.5, 0.6) is 11.5 Å². The van der Waals surface area contributed by atoms with Crippen LogP contribution in [-0.4, -0.2) is 40.2 Å². The lowest BCUT2D eigenvalue weighted by Gasteiger charge is -2.18. The summed E-state index contributed by atoms with van der Waals surface area (Å²) >= 11 is 0. The molecule has 0 spiro atoms. The molecule has 0 saturated heterocycles. The van der Waals surface area contributed by atoms with E-state index in [4.69, 9.17) is 9.47 Å². The lowest BCUT2D eigenvalue weighted by molar-refractivity contribution is 0.0949. The van der Waals surface area contributed by atoms with Crippen LogP contribution in [0.1, 0.15) is 16.1 Å². The second kappa shape index (κ2) is 7.26. The number of ether oxygens (including phenoxy) is 2. The van der Waals surface area contributed by atoms with Gasteiger partial charge < -0.3 is 19.4 Å². The fourth-order valence-electron chi connectivity index (χ4n) is 2.77. The Kier molecular flexibility index (Phi) is 4.51. The van der Waals surface area contributed by atoms with E-state index < -0.39 is 0 Å². The highest BCUT2D eigenvalue weighted by Gasteiger charge is 2.12. The smallest absolute Gasteiger partial charge is 0.269 e. The van der Waals surface area contributed by atoms with Crippen molar-refractivity contribution in [3.63, 3.8) is 0 Å². The van der Waals surface area contributed by atoms with Gasteiger partial charge in [-0.1, -0.05) is 6.07 Å². The minimum Gasteiger partial charge on any atom is -0.486 e. The van der Waals surface area contributed by atoms with Gasteiger partial charge in [-0.25, -0.2) is 4.98 Å². The average molecular weight is 350 g/mol. The molecule has 3 heterocycles. The second-order valence-corrected chi connectivity index (χ2v) is 5.85. The van der Waals surface area contributed by atoms with Crippen molar-refractivity contribution < 1.29 is 14.3 Å². The molecule has 1 amide bonds. The molecule has 0 radical (unpaired) electrons.